The maximum absolute atomic E-state index is 12.5. The van der Waals surface area contributed by atoms with Crippen LogP contribution in [0.25, 0.3) is 0 Å². The van der Waals surface area contributed by atoms with Crippen LogP contribution in [0.5, 0.6) is 0 Å². The zero-order valence-electron chi connectivity index (χ0n) is 13.1. The molecule has 1 heterocycles. The Balaban J connectivity index is 2.13. The molecule has 0 spiro atoms. The molecule has 0 aromatic heterocycles. The van der Waals surface area contributed by atoms with Crippen molar-refractivity contribution >= 4 is 5.91 Å². The minimum Gasteiger partial charge on any atom is -0.372 e. The summed E-state index contributed by atoms with van der Waals surface area (Å²) in [5, 5.41) is 0. The third-order valence-electron chi connectivity index (χ3n) is 3.70. The van der Waals surface area contributed by atoms with Gasteiger partial charge >= 0.3 is 0 Å². The Bertz CT molecular complexity index is 463. The smallest absolute Gasteiger partial charge is 0.254 e. The number of hydrogen-bond acceptors (Lipinski definition) is 2. The Morgan fingerprint density at radius 1 is 1.10 bits per heavy atom. The van der Waals surface area contributed by atoms with Gasteiger partial charge in [0.1, 0.15) is 0 Å². The highest BCUT2D eigenvalue weighted by Crippen LogP contribution is 2.23. The molecule has 3 heteroatoms. The van der Waals surface area contributed by atoms with Gasteiger partial charge in [-0.05, 0) is 37.0 Å². The fourth-order valence-electron chi connectivity index (χ4n) is 2.64. The summed E-state index contributed by atoms with van der Waals surface area (Å²) in [5.74, 6) is 0.104. The molecule has 0 N–H and O–H groups in total. The fourth-order valence-corrected chi connectivity index (χ4v) is 2.64. The molecule has 0 saturated carbocycles. The average Bonchev–Trinajstić information content (AvgIpc) is 2.36. The zero-order chi connectivity index (χ0) is 14.9. The van der Waals surface area contributed by atoms with Crippen molar-refractivity contribution in [1.29, 1.82) is 0 Å². The van der Waals surface area contributed by atoms with Crippen LogP contribution in [0.2, 0.25) is 0 Å². The molecule has 110 valence electrons. The first-order valence-electron chi connectivity index (χ1n) is 7.32. The second kappa shape index (κ2) is 5.57. The number of amides is 1. The molecule has 1 fully saturated rings. The zero-order valence-corrected chi connectivity index (χ0v) is 13.1. The van der Waals surface area contributed by atoms with E-state index in [1.807, 2.05) is 30.9 Å². The minimum atomic E-state index is 0.104. The summed E-state index contributed by atoms with van der Waals surface area (Å²) >= 11 is 0. The van der Waals surface area contributed by atoms with E-state index in [9.17, 15) is 4.79 Å². The molecule has 2 unspecified atom stereocenters. The van der Waals surface area contributed by atoms with Crippen LogP contribution in [0, 0.1) is 0 Å². The van der Waals surface area contributed by atoms with Crippen LogP contribution in [-0.2, 0) is 10.2 Å². The lowest BCUT2D eigenvalue weighted by atomic mass is 9.86. The van der Waals surface area contributed by atoms with E-state index in [2.05, 4.69) is 32.9 Å². The average molecular weight is 275 g/mol. The summed E-state index contributed by atoms with van der Waals surface area (Å²) in [6.45, 7) is 11.9. The van der Waals surface area contributed by atoms with Crippen LogP contribution in [0.15, 0.2) is 24.3 Å². The number of carbonyl (C=O) groups excluding carboxylic acids is 1. The third kappa shape index (κ3) is 3.40. The van der Waals surface area contributed by atoms with Crippen molar-refractivity contribution in [1.82, 2.24) is 4.90 Å². The van der Waals surface area contributed by atoms with Gasteiger partial charge in [0, 0.05) is 18.7 Å². The minimum absolute atomic E-state index is 0.104. The molecule has 0 bridgehead atoms. The first kappa shape index (κ1) is 15.0. The number of benzene rings is 1. The number of morpholine rings is 1. The van der Waals surface area contributed by atoms with E-state index in [-0.39, 0.29) is 23.5 Å². The SMILES string of the molecule is CC1CN(C(=O)c2ccc(C(C)(C)C)cc2)CC(C)O1. The van der Waals surface area contributed by atoms with Gasteiger partial charge in [-0.1, -0.05) is 32.9 Å². The van der Waals surface area contributed by atoms with Crippen molar-refractivity contribution in [2.24, 2.45) is 0 Å². The quantitative estimate of drug-likeness (QED) is 0.787. The molecule has 2 rings (SSSR count). The van der Waals surface area contributed by atoms with E-state index in [0.717, 1.165) is 5.56 Å². The lowest BCUT2D eigenvalue weighted by Crippen LogP contribution is -2.48. The van der Waals surface area contributed by atoms with Gasteiger partial charge < -0.3 is 9.64 Å². The van der Waals surface area contributed by atoms with Gasteiger partial charge in [0.25, 0.3) is 5.91 Å². The number of nitrogens with zero attached hydrogens (tertiary/aromatic N) is 1. The lowest BCUT2D eigenvalue weighted by Gasteiger charge is -2.35. The Morgan fingerprint density at radius 2 is 1.60 bits per heavy atom. The second-order valence-electron chi connectivity index (χ2n) is 6.79. The van der Waals surface area contributed by atoms with Crippen molar-refractivity contribution in [2.75, 3.05) is 13.1 Å². The molecule has 1 aliphatic heterocycles. The van der Waals surface area contributed by atoms with E-state index in [1.54, 1.807) is 0 Å². The molecule has 1 aliphatic rings. The van der Waals surface area contributed by atoms with Crippen molar-refractivity contribution in [3.8, 4) is 0 Å². The highest BCUT2D eigenvalue weighted by molar-refractivity contribution is 5.94. The van der Waals surface area contributed by atoms with Crippen LogP contribution < -0.4 is 0 Å². The Labute approximate surface area is 121 Å². The maximum atomic E-state index is 12.5. The monoisotopic (exact) mass is 275 g/mol. The topological polar surface area (TPSA) is 29.5 Å². The molecule has 20 heavy (non-hydrogen) atoms. The number of hydrogen-bond donors (Lipinski definition) is 0. The van der Waals surface area contributed by atoms with Gasteiger partial charge in [-0.2, -0.15) is 0 Å². The van der Waals surface area contributed by atoms with Crippen molar-refractivity contribution < 1.29 is 9.53 Å². The van der Waals surface area contributed by atoms with Crippen LogP contribution >= 0.6 is 0 Å². The van der Waals surface area contributed by atoms with Gasteiger partial charge in [-0.3, -0.25) is 4.79 Å². The van der Waals surface area contributed by atoms with E-state index in [0.29, 0.717) is 13.1 Å². The van der Waals surface area contributed by atoms with Gasteiger partial charge in [0.2, 0.25) is 0 Å². The predicted octanol–water partition coefficient (Wildman–Crippen LogP) is 3.23. The largest absolute Gasteiger partial charge is 0.372 e. The Kier molecular flexibility index (Phi) is 4.19. The normalized spacial score (nSPS) is 23.8. The lowest BCUT2D eigenvalue weighted by molar-refractivity contribution is -0.0586. The van der Waals surface area contributed by atoms with Gasteiger partial charge in [0.05, 0.1) is 12.2 Å². The first-order chi connectivity index (χ1) is 9.27. The molecule has 2 atom stereocenters. The predicted molar refractivity (Wildman–Crippen MR) is 81.1 cm³/mol. The molecule has 0 aliphatic carbocycles. The summed E-state index contributed by atoms with van der Waals surface area (Å²) in [6.07, 6.45) is 0.216. The molecule has 1 aromatic carbocycles. The van der Waals surface area contributed by atoms with Crippen LogP contribution in [0.3, 0.4) is 0 Å². The van der Waals surface area contributed by atoms with Crippen LogP contribution in [0.1, 0.15) is 50.5 Å². The summed E-state index contributed by atoms with van der Waals surface area (Å²) in [5.41, 5.74) is 2.13. The van der Waals surface area contributed by atoms with Gasteiger partial charge in [-0.15, -0.1) is 0 Å². The number of rotatable bonds is 1. The highest BCUT2D eigenvalue weighted by atomic mass is 16.5. The van der Waals surface area contributed by atoms with Crippen molar-refractivity contribution in [3.63, 3.8) is 0 Å². The third-order valence-corrected chi connectivity index (χ3v) is 3.70. The maximum Gasteiger partial charge on any atom is 0.254 e. The standard InChI is InChI=1S/C17H25NO2/c1-12-10-18(11-13(2)20-12)16(19)14-6-8-15(9-7-14)17(3,4)5/h6-9,12-13H,10-11H2,1-5H3. The number of ether oxygens (including phenoxy) is 1. The molecule has 1 amide bonds. The molecule has 1 saturated heterocycles. The van der Waals surface area contributed by atoms with Crippen LogP contribution in [-0.4, -0.2) is 36.1 Å². The number of carbonyl (C=O) groups is 1. The highest BCUT2D eigenvalue weighted by Gasteiger charge is 2.26. The summed E-state index contributed by atoms with van der Waals surface area (Å²) in [4.78, 5) is 14.4. The molecule has 3 nitrogen and oxygen atoms in total. The van der Waals surface area contributed by atoms with Crippen LogP contribution in [0.4, 0.5) is 0 Å². The van der Waals surface area contributed by atoms with E-state index >= 15 is 0 Å². The Morgan fingerprint density at radius 3 is 2.05 bits per heavy atom. The molecule has 0 radical (unpaired) electrons. The first-order valence-corrected chi connectivity index (χ1v) is 7.32. The molecule has 1 aromatic rings. The molecular weight excluding hydrogens is 250 g/mol. The van der Waals surface area contributed by atoms with E-state index in [1.165, 1.54) is 5.56 Å². The van der Waals surface area contributed by atoms with Crippen molar-refractivity contribution in [2.45, 2.75) is 52.2 Å². The fraction of sp³-hybridized carbons (Fsp3) is 0.588. The summed E-state index contributed by atoms with van der Waals surface area (Å²) < 4.78 is 5.67. The van der Waals surface area contributed by atoms with Crippen molar-refractivity contribution in [3.05, 3.63) is 35.4 Å². The van der Waals surface area contributed by atoms with Gasteiger partial charge in [-0.25, -0.2) is 0 Å². The Hall–Kier alpha value is -1.35. The van der Waals surface area contributed by atoms with Gasteiger partial charge in [0.15, 0.2) is 0 Å². The van der Waals surface area contributed by atoms with E-state index in [4.69, 9.17) is 4.74 Å². The van der Waals surface area contributed by atoms with E-state index < -0.39 is 0 Å². The summed E-state index contributed by atoms with van der Waals surface area (Å²) in [6, 6.07) is 7.99. The molecular formula is C17H25NO2. The summed E-state index contributed by atoms with van der Waals surface area (Å²) in [7, 11) is 0. The second-order valence-corrected chi connectivity index (χ2v) is 6.79.